The maximum absolute atomic E-state index is 12.2. The molecular formula is C13H27N3O5S2. The molecule has 10 heteroatoms. The highest BCUT2D eigenvalue weighted by Gasteiger charge is 2.34. The predicted molar refractivity (Wildman–Crippen MR) is 88.9 cm³/mol. The third-order valence-corrected chi connectivity index (χ3v) is 7.12. The van der Waals surface area contributed by atoms with Gasteiger partial charge in [-0.15, -0.1) is 0 Å². The topological polar surface area (TPSA) is 104 Å². The first-order valence-corrected chi connectivity index (χ1v) is 11.2. The quantitative estimate of drug-likeness (QED) is 0.586. The van der Waals surface area contributed by atoms with Crippen molar-refractivity contribution in [3.8, 4) is 0 Å². The van der Waals surface area contributed by atoms with E-state index in [0.717, 1.165) is 19.1 Å². The van der Waals surface area contributed by atoms with E-state index >= 15 is 0 Å². The number of nitrogens with one attached hydrogen (secondary N) is 1. The van der Waals surface area contributed by atoms with Crippen LogP contribution in [0, 0.1) is 0 Å². The summed E-state index contributed by atoms with van der Waals surface area (Å²) in [4.78, 5) is 12.2. The lowest BCUT2D eigenvalue weighted by Gasteiger charge is -2.32. The summed E-state index contributed by atoms with van der Waals surface area (Å²) in [5, 5.41) is 2.71. The number of amides is 1. The van der Waals surface area contributed by atoms with Crippen LogP contribution in [-0.2, 0) is 24.8 Å². The van der Waals surface area contributed by atoms with Gasteiger partial charge in [0.2, 0.25) is 26.0 Å². The third-order valence-electron chi connectivity index (χ3n) is 3.97. The van der Waals surface area contributed by atoms with Crippen LogP contribution in [0.1, 0.15) is 32.6 Å². The maximum atomic E-state index is 12.2. The minimum Gasteiger partial charge on any atom is -0.355 e. The van der Waals surface area contributed by atoms with Crippen molar-refractivity contribution in [2.45, 2.75) is 38.6 Å². The molecule has 0 radical (unpaired) electrons. The molecule has 1 fully saturated rings. The number of hydrogen-bond donors (Lipinski definition) is 1. The van der Waals surface area contributed by atoms with Crippen LogP contribution in [0.3, 0.4) is 0 Å². The number of hydrogen-bond acceptors (Lipinski definition) is 5. The molecule has 1 atom stereocenters. The summed E-state index contributed by atoms with van der Waals surface area (Å²) < 4.78 is 49.2. The summed E-state index contributed by atoms with van der Waals surface area (Å²) in [6.07, 6.45) is 3.69. The first kappa shape index (κ1) is 20.3. The van der Waals surface area contributed by atoms with Crippen molar-refractivity contribution in [3.05, 3.63) is 0 Å². The van der Waals surface area contributed by atoms with Gasteiger partial charge in [0.1, 0.15) is 6.04 Å². The van der Waals surface area contributed by atoms with Gasteiger partial charge >= 0.3 is 0 Å². The van der Waals surface area contributed by atoms with E-state index in [-0.39, 0.29) is 11.7 Å². The summed E-state index contributed by atoms with van der Waals surface area (Å²) >= 11 is 0. The summed E-state index contributed by atoms with van der Waals surface area (Å²) in [7, 11) is -5.11. The monoisotopic (exact) mass is 369 g/mol. The zero-order valence-corrected chi connectivity index (χ0v) is 15.6. The molecule has 0 saturated carbocycles. The largest absolute Gasteiger partial charge is 0.355 e. The Kier molecular flexibility index (Phi) is 7.43. The minimum atomic E-state index is -3.40. The maximum Gasteiger partial charge on any atom is 0.238 e. The standard InChI is InChI=1S/C13H27N3O5S2/c1-4-23(20,21)15(2)10-7-9-14-13(17)12-8-5-6-11-16(12)22(3,18)19/h12H,4-11H2,1-3H3,(H,14,17). The van der Waals surface area contributed by atoms with Gasteiger partial charge in [0.25, 0.3) is 0 Å². The third kappa shape index (κ3) is 6.02. The first-order valence-electron chi connectivity index (χ1n) is 7.78. The Morgan fingerprint density at radius 2 is 1.91 bits per heavy atom. The Bertz CT molecular complexity index is 603. The fourth-order valence-electron chi connectivity index (χ4n) is 2.55. The number of carbonyl (C=O) groups excluding carboxylic acids is 1. The average molecular weight is 370 g/mol. The molecule has 1 heterocycles. The van der Waals surface area contributed by atoms with Gasteiger partial charge in [-0.05, 0) is 26.2 Å². The van der Waals surface area contributed by atoms with Gasteiger partial charge in [0.05, 0.1) is 12.0 Å². The molecule has 0 aliphatic carbocycles. The van der Waals surface area contributed by atoms with Crippen LogP contribution in [0.2, 0.25) is 0 Å². The molecule has 0 spiro atoms. The van der Waals surface area contributed by atoms with Crippen molar-refractivity contribution in [2.24, 2.45) is 0 Å². The molecule has 1 saturated heterocycles. The normalized spacial score (nSPS) is 20.6. The molecule has 1 amide bonds. The summed E-state index contributed by atoms with van der Waals surface area (Å²) in [5.74, 6) is -0.266. The number of piperidine rings is 1. The molecule has 1 rings (SSSR count). The van der Waals surface area contributed by atoms with Gasteiger partial charge in [-0.3, -0.25) is 4.79 Å². The van der Waals surface area contributed by atoms with E-state index in [1.807, 2.05) is 0 Å². The number of carbonyl (C=O) groups is 1. The lowest BCUT2D eigenvalue weighted by molar-refractivity contribution is -0.125. The van der Waals surface area contributed by atoms with Crippen molar-refractivity contribution in [1.82, 2.24) is 13.9 Å². The van der Waals surface area contributed by atoms with E-state index in [0.29, 0.717) is 32.5 Å². The second-order valence-electron chi connectivity index (χ2n) is 5.75. The number of nitrogens with zero attached hydrogens (tertiary/aromatic N) is 2. The summed E-state index contributed by atoms with van der Waals surface area (Å²) in [5.41, 5.74) is 0. The van der Waals surface area contributed by atoms with Crippen LogP contribution >= 0.6 is 0 Å². The highest BCUT2D eigenvalue weighted by atomic mass is 32.2. The minimum absolute atomic E-state index is 0.0429. The highest BCUT2D eigenvalue weighted by Crippen LogP contribution is 2.19. The van der Waals surface area contributed by atoms with Crippen LogP contribution in [0.4, 0.5) is 0 Å². The second kappa shape index (κ2) is 8.41. The molecule has 0 aromatic rings. The Labute approximate surface area is 139 Å². The fraction of sp³-hybridized carbons (Fsp3) is 0.923. The highest BCUT2D eigenvalue weighted by molar-refractivity contribution is 7.89. The van der Waals surface area contributed by atoms with E-state index in [1.54, 1.807) is 6.92 Å². The Balaban J connectivity index is 2.47. The summed E-state index contributed by atoms with van der Waals surface area (Å²) in [6, 6.07) is -0.657. The fourth-order valence-corrected chi connectivity index (χ4v) is 4.53. The second-order valence-corrected chi connectivity index (χ2v) is 10.1. The molecule has 1 N–H and O–H groups in total. The van der Waals surface area contributed by atoms with Gasteiger partial charge in [-0.25, -0.2) is 21.1 Å². The molecular weight excluding hydrogens is 342 g/mol. The number of rotatable bonds is 8. The van der Waals surface area contributed by atoms with Crippen molar-refractivity contribution in [3.63, 3.8) is 0 Å². The van der Waals surface area contributed by atoms with E-state index in [2.05, 4.69) is 5.32 Å². The molecule has 8 nitrogen and oxygen atoms in total. The molecule has 136 valence electrons. The molecule has 1 aliphatic heterocycles. The van der Waals surface area contributed by atoms with Gasteiger partial charge < -0.3 is 5.32 Å². The zero-order valence-electron chi connectivity index (χ0n) is 14.0. The zero-order chi connectivity index (χ0) is 17.7. The first-order chi connectivity index (χ1) is 10.6. The smallest absolute Gasteiger partial charge is 0.238 e. The Morgan fingerprint density at radius 3 is 2.48 bits per heavy atom. The van der Waals surface area contributed by atoms with E-state index in [9.17, 15) is 21.6 Å². The predicted octanol–water partition coefficient (Wildman–Crippen LogP) is -0.412. The molecule has 0 aromatic heterocycles. The van der Waals surface area contributed by atoms with Gasteiger partial charge in [0.15, 0.2) is 0 Å². The average Bonchev–Trinajstić information content (AvgIpc) is 2.50. The van der Waals surface area contributed by atoms with Crippen molar-refractivity contribution in [1.29, 1.82) is 0 Å². The molecule has 1 aliphatic rings. The van der Waals surface area contributed by atoms with Crippen LogP contribution in [0.25, 0.3) is 0 Å². The molecule has 1 unspecified atom stereocenters. The van der Waals surface area contributed by atoms with E-state index in [4.69, 9.17) is 0 Å². The lowest BCUT2D eigenvalue weighted by Crippen LogP contribution is -2.51. The van der Waals surface area contributed by atoms with Gasteiger partial charge in [-0.1, -0.05) is 6.42 Å². The SMILES string of the molecule is CCS(=O)(=O)N(C)CCCNC(=O)C1CCCCN1S(C)(=O)=O. The molecule has 0 aromatic carbocycles. The Hall–Kier alpha value is -0.710. The number of sulfonamides is 2. The van der Waals surface area contributed by atoms with E-state index in [1.165, 1.54) is 15.7 Å². The molecule has 0 bridgehead atoms. The van der Waals surface area contributed by atoms with Crippen LogP contribution < -0.4 is 5.32 Å². The van der Waals surface area contributed by atoms with Gasteiger partial charge in [-0.2, -0.15) is 4.31 Å². The Morgan fingerprint density at radius 1 is 1.26 bits per heavy atom. The summed E-state index contributed by atoms with van der Waals surface area (Å²) in [6.45, 7) is 2.58. The van der Waals surface area contributed by atoms with Crippen molar-refractivity contribution < 1.29 is 21.6 Å². The van der Waals surface area contributed by atoms with Gasteiger partial charge in [0, 0.05) is 26.7 Å². The van der Waals surface area contributed by atoms with Crippen LogP contribution in [-0.4, -0.2) is 76.1 Å². The van der Waals surface area contributed by atoms with Crippen LogP contribution in [0.5, 0.6) is 0 Å². The lowest BCUT2D eigenvalue weighted by atomic mass is 10.0. The van der Waals surface area contributed by atoms with E-state index < -0.39 is 26.1 Å². The van der Waals surface area contributed by atoms with Crippen LogP contribution in [0.15, 0.2) is 0 Å². The molecule has 23 heavy (non-hydrogen) atoms. The van der Waals surface area contributed by atoms with Crippen molar-refractivity contribution >= 4 is 26.0 Å². The van der Waals surface area contributed by atoms with Crippen molar-refractivity contribution in [2.75, 3.05) is 38.7 Å².